The molecule has 4 nitrogen and oxygen atoms in total. The van der Waals surface area contributed by atoms with Gasteiger partial charge in [-0.2, -0.15) is 6.08 Å². The van der Waals surface area contributed by atoms with Gasteiger partial charge >= 0.3 is 26.2 Å². The molecule has 4 N–H and O–H groups in total. The van der Waals surface area contributed by atoms with Gasteiger partial charge in [0.15, 0.2) is 0 Å². The fourth-order valence-electron chi connectivity index (χ4n) is 3.31. The number of nitrogens with one attached hydrogen (secondary N) is 2. The Labute approximate surface area is 245 Å². The average molecular weight is 588 g/mol. The quantitative estimate of drug-likeness (QED) is 0.487. The number of hydrogen-bond acceptors (Lipinski definition) is 2. The van der Waals surface area contributed by atoms with Crippen molar-refractivity contribution in [2.24, 2.45) is 0 Å². The molecular weight excluding hydrogens is 559 g/mol. The fraction of sp³-hybridized carbons (Fsp3) is 0.0968. The predicted molar refractivity (Wildman–Crippen MR) is 147 cm³/mol. The largest absolute Gasteiger partial charge is 4.00 e. The summed E-state index contributed by atoms with van der Waals surface area (Å²) in [6.45, 7) is 0. The number of rotatable bonds is 2. The van der Waals surface area contributed by atoms with Gasteiger partial charge in [-0.3, -0.25) is 6.08 Å². The monoisotopic (exact) mass is 586 g/mol. The third kappa shape index (κ3) is 10.9. The molecule has 2 aromatic rings. The van der Waals surface area contributed by atoms with Crippen LogP contribution in [0.5, 0.6) is 11.5 Å². The smallest absolute Gasteiger partial charge is 1.00 e. The fourth-order valence-corrected chi connectivity index (χ4v) is 3.31. The van der Waals surface area contributed by atoms with E-state index in [1.54, 1.807) is 24.3 Å². The molecule has 0 aromatic heterocycles. The predicted octanol–water partition coefficient (Wildman–Crippen LogP) is 4.95. The maximum atomic E-state index is 9.58. The number of aromatic hydroxyl groups is 2. The molecule has 5 rings (SSSR count). The van der Waals surface area contributed by atoms with Gasteiger partial charge in [0.1, 0.15) is 11.5 Å². The van der Waals surface area contributed by atoms with Crippen molar-refractivity contribution in [3.05, 3.63) is 155 Å². The Morgan fingerprint density at radius 2 is 1.16 bits per heavy atom. The molecule has 2 unspecified atom stereocenters. The van der Waals surface area contributed by atoms with Crippen LogP contribution in [0.25, 0.3) is 23.6 Å². The number of benzene rings is 2. The second-order valence-corrected chi connectivity index (χ2v) is 7.85. The van der Waals surface area contributed by atoms with Gasteiger partial charge in [-0.05, 0) is 24.3 Å². The zero-order valence-electron chi connectivity index (χ0n) is 20.3. The van der Waals surface area contributed by atoms with E-state index < -0.39 is 0 Å². The third-order valence-electron chi connectivity index (χ3n) is 5.23. The molecule has 0 bridgehead atoms. The average Bonchev–Trinajstić information content (AvgIpc) is 3.46. The second kappa shape index (κ2) is 17.5. The Morgan fingerprint density at radius 1 is 0.703 bits per heavy atom. The van der Waals surface area contributed by atoms with Crippen molar-refractivity contribution in [3.8, 4) is 11.5 Å². The number of para-hydroxylation sites is 2. The van der Waals surface area contributed by atoms with Crippen molar-refractivity contribution < 1.29 is 48.8 Å². The summed E-state index contributed by atoms with van der Waals surface area (Å²) in [5, 5.41) is 19.2. The van der Waals surface area contributed by atoms with Gasteiger partial charge in [0.2, 0.25) is 0 Å². The molecule has 6 heteroatoms. The zero-order chi connectivity index (χ0) is 24.9. The summed E-state index contributed by atoms with van der Waals surface area (Å²) in [5.41, 5.74) is 18.8. The standard InChI is InChI=1S/2C13H12NO.C5H5.ClH.Zr/c2*14-12-7-3-1-5-10(12)9-11-6-2-4-8-13(11)15;1-2-4-5-3-1;;/h2*1-9,12,14-15H;1-3H,4H2;1H;/q3*-1;;+4/p-1. The molecule has 0 fully saturated rings. The van der Waals surface area contributed by atoms with Crippen LogP contribution in [-0.2, 0) is 26.2 Å². The normalized spacial score (nSPS) is 20.4. The van der Waals surface area contributed by atoms with Crippen molar-refractivity contribution in [1.29, 1.82) is 0 Å². The van der Waals surface area contributed by atoms with Crippen LogP contribution >= 0.6 is 0 Å². The number of halogens is 1. The Morgan fingerprint density at radius 3 is 1.49 bits per heavy atom. The van der Waals surface area contributed by atoms with Gasteiger partial charge in [0, 0.05) is 11.1 Å². The molecule has 0 heterocycles. The van der Waals surface area contributed by atoms with E-state index in [2.05, 4.69) is 12.2 Å². The topological polar surface area (TPSA) is 88.1 Å². The van der Waals surface area contributed by atoms with Gasteiger partial charge < -0.3 is 34.1 Å². The van der Waals surface area contributed by atoms with Gasteiger partial charge in [-0.25, -0.2) is 12.2 Å². The van der Waals surface area contributed by atoms with E-state index in [1.165, 1.54) is 0 Å². The zero-order valence-corrected chi connectivity index (χ0v) is 23.5. The molecule has 0 saturated heterocycles. The summed E-state index contributed by atoms with van der Waals surface area (Å²) >= 11 is 0. The van der Waals surface area contributed by atoms with Crippen LogP contribution in [-0.4, -0.2) is 22.3 Å². The summed E-state index contributed by atoms with van der Waals surface area (Å²) < 4.78 is 0. The molecule has 37 heavy (non-hydrogen) atoms. The summed E-state index contributed by atoms with van der Waals surface area (Å²) in [4.78, 5) is 0. The molecule has 0 saturated carbocycles. The van der Waals surface area contributed by atoms with Crippen molar-refractivity contribution in [3.63, 3.8) is 0 Å². The first-order valence-electron chi connectivity index (χ1n) is 11.4. The van der Waals surface area contributed by atoms with E-state index in [-0.39, 0.29) is 62.2 Å². The van der Waals surface area contributed by atoms with Crippen LogP contribution in [0.1, 0.15) is 17.5 Å². The second-order valence-electron chi connectivity index (χ2n) is 7.85. The SMILES string of the molecule is [C-]1=CC=CC1.[Cl-].[NH-]C1C=CC=CC1=Cc1ccccc1O.[NH-]C1C=CC=CC1=Cc1ccccc1O.[Zr+4]. The molecule has 2 aromatic carbocycles. The van der Waals surface area contributed by atoms with E-state index >= 15 is 0 Å². The van der Waals surface area contributed by atoms with E-state index in [9.17, 15) is 10.2 Å². The Kier molecular flexibility index (Phi) is 15.2. The molecule has 3 aliphatic rings. The van der Waals surface area contributed by atoms with Crippen molar-refractivity contribution in [2.75, 3.05) is 0 Å². The third-order valence-corrected chi connectivity index (χ3v) is 5.23. The van der Waals surface area contributed by atoms with Crippen LogP contribution in [0.4, 0.5) is 0 Å². The molecule has 0 amide bonds. The van der Waals surface area contributed by atoms with Crippen LogP contribution in [0.2, 0.25) is 0 Å². The summed E-state index contributed by atoms with van der Waals surface area (Å²) in [6, 6.07) is 13.6. The number of phenolic OH excluding ortho intramolecular Hbond substituents is 2. The summed E-state index contributed by atoms with van der Waals surface area (Å²) in [6.07, 6.45) is 28.6. The van der Waals surface area contributed by atoms with Crippen molar-refractivity contribution in [2.45, 2.75) is 18.5 Å². The Balaban J connectivity index is 0.000000298. The van der Waals surface area contributed by atoms with Gasteiger partial charge in [0.05, 0.1) is 0 Å². The first kappa shape index (κ1) is 32.1. The molecule has 0 spiro atoms. The number of allylic oxidation sites excluding steroid dienone is 8. The van der Waals surface area contributed by atoms with E-state index in [0.29, 0.717) is 0 Å². The van der Waals surface area contributed by atoms with E-state index in [1.807, 2.05) is 97.2 Å². The molecule has 0 aliphatic heterocycles. The van der Waals surface area contributed by atoms with Crippen LogP contribution in [0.3, 0.4) is 0 Å². The van der Waals surface area contributed by atoms with Crippen molar-refractivity contribution >= 4 is 12.2 Å². The molecule has 0 radical (unpaired) electrons. The number of phenols is 2. The van der Waals surface area contributed by atoms with E-state index in [0.717, 1.165) is 28.7 Å². The van der Waals surface area contributed by atoms with Crippen molar-refractivity contribution in [1.82, 2.24) is 0 Å². The van der Waals surface area contributed by atoms with Crippen LogP contribution < -0.4 is 12.4 Å². The number of hydrogen-bond donors (Lipinski definition) is 2. The van der Waals surface area contributed by atoms with E-state index in [4.69, 9.17) is 11.5 Å². The Hall–Kier alpha value is -2.95. The van der Waals surface area contributed by atoms with Gasteiger partial charge in [-0.1, -0.05) is 108 Å². The molecular formula is C31H29ClN2O2Zr. The maximum Gasteiger partial charge on any atom is 4.00 e. The summed E-state index contributed by atoms with van der Waals surface area (Å²) in [7, 11) is 0. The maximum absolute atomic E-state index is 9.58. The minimum Gasteiger partial charge on any atom is -1.00 e. The van der Waals surface area contributed by atoms with Gasteiger partial charge in [0.25, 0.3) is 0 Å². The minimum absolute atomic E-state index is 0. The first-order valence-corrected chi connectivity index (χ1v) is 11.4. The Bertz CT molecular complexity index is 1140. The minimum atomic E-state index is -0.338. The van der Waals surface area contributed by atoms with Crippen LogP contribution in [0, 0.1) is 6.08 Å². The summed E-state index contributed by atoms with van der Waals surface area (Å²) in [5.74, 6) is 0.500. The van der Waals surface area contributed by atoms with Gasteiger partial charge in [-0.15, -0.1) is 6.42 Å². The first-order chi connectivity index (χ1) is 17.0. The molecule has 2 atom stereocenters. The van der Waals surface area contributed by atoms with Crippen LogP contribution in [0.15, 0.2) is 127 Å². The molecule has 186 valence electrons. The molecule has 3 aliphatic carbocycles.